The van der Waals surface area contributed by atoms with E-state index in [1.54, 1.807) is 11.3 Å². The van der Waals surface area contributed by atoms with Crippen molar-refractivity contribution in [3.8, 4) is 10.7 Å². The molecule has 0 saturated carbocycles. The zero-order valence-electron chi connectivity index (χ0n) is 10.5. The summed E-state index contributed by atoms with van der Waals surface area (Å²) in [6.07, 6.45) is 3.10. The van der Waals surface area contributed by atoms with Crippen molar-refractivity contribution < 1.29 is 0 Å². The fourth-order valence-corrected chi connectivity index (χ4v) is 3.72. The average molecular weight is 300 g/mol. The Kier molecular flexibility index (Phi) is 4.96. The summed E-state index contributed by atoms with van der Waals surface area (Å²) in [6.45, 7) is 5.08. The Balaban J connectivity index is 2.16. The number of nitrogens with zero attached hydrogens (tertiary/aromatic N) is 3. The molecule has 0 atom stereocenters. The summed E-state index contributed by atoms with van der Waals surface area (Å²) in [5, 5.41) is 8.27. The maximum absolute atomic E-state index is 5.19. The first-order chi connectivity index (χ1) is 8.76. The minimum absolute atomic E-state index is 0.669. The van der Waals surface area contributed by atoms with Gasteiger partial charge in [-0.1, -0.05) is 6.92 Å². The van der Waals surface area contributed by atoms with Crippen molar-refractivity contribution in [1.82, 2.24) is 19.7 Å². The van der Waals surface area contributed by atoms with E-state index >= 15 is 0 Å². The summed E-state index contributed by atoms with van der Waals surface area (Å²) in [6, 6.07) is 0. The molecule has 98 valence electrons. The van der Waals surface area contributed by atoms with Gasteiger partial charge in [0.15, 0.2) is 10.6 Å². The standard InChI is InChI=1S/C11H16N4S3/c1-3-5-17-7-9-12-6-8(18-9)10-13-14-11(16)15(10)4-2/h6H,3-5,7H2,1-2H3,(H,14,16). The molecular weight excluding hydrogens is 284 g/mol. The third kappa shape index (κ3) is 3.02. The second kappa shape index (κ2) is 6.49. The zero-order chi connectivity index (χ0) is 13.0. The summed E-state index contributed by atoms with van der Waals surface area (Å²) >= 11 is 8.81. The first-order valence-corrected chi connectivity index (χ1v) is 8.32. The highest BCUT2D eigenvalue weighted by Gasteiger charge is 2.11. The number of aromatic amines is 1. The van der Waals surface area contributed by atoms with Gasteiger partial charge in [0.2, 0.25) is 0 Å². The lowest BCUT2D eigenvalue weighted by Crippen LogP contribution is -1.96. The van der Waals surface area contributed by atoms with Crippen LogP contribution in [-0.2, 0) is 12.3 Å². The summed E-state index contributed by atoms with van der Waals surface area (Å²) in [5.74, 6) is 3.06. The van der Waals surface area contributed by atoms with Gasteiger partial charge in [0.1, 0.15) is 5.01 Å². The lowest BCUT2D eigenvalue weighted by atomic mass is 10.5. The van der Waals surface area contributed by atoms with Crippen LogP contribution in [-0.4, -0.2) is 25.5 Å². The predicted octanol–water partition coefficient (Wildman–Crippen LogP) is 3.73. The third-order valence-electron chi connectivity index (χ3n) is 2.42. The van der Waals surface area contributed by atoms with E-state index in [2.05, 4.69) is 29.0 Å². The molecule has 2 heterocycles. The van der Waals surface area contributed by atoms with Gasteiger partial charge in [-0.05, 0) is 31.3 Å². The minimum Gasteiger partial charge on any atom is -0.300 e. The van der Waals surface area contributed by atoms with Crippen molar-refractivity contribution in [2.24, 2.45) is 0 Å². The lowest BCUT2D eigenvalue weighted by molar-refractivity contribution is 0.756. The van der Waals surface area contributed by atoms with Gasteiger partial charge in [0.05, 0.1) is 4.88 Å². The highest BCUT2D eigenvalue weighted by atomic mass is 32.2. The molecule has 2 aromatic heterocycles. The Labute approximate surface area is 120 Å². The van der Waals surface area contributed by atoms with E-state index in [-0.39, 0.29) is 0 Å². The molecule has 0 bridgehead atoms. The molecule has 0 radical (unpaired) electrons. The quantitative estimate of drug-likeness (QED) is 0.652. The molecular formula is C11H16N4S3. The fourth-order valence-electron chi connectivity index (χ4n) is 1.58. The van der Waals surface area contributed by atoms with Crippen molar-refractivity contribution in [3.05, 3.63) is 16.0 Å². The number of thioether (sulfide) groups is 1. The van der Waals surface area contributed by atoms with Gasteiger partial charge in [-0.25, -0.2) is 4.98 Å². The lowest BCUT2D eigenvalue weighted by Gasteiger charge is -1.99. The SMILES string of the molecule is CCCSCc1ncc(-c2n[nH]c(=S)n2CC)s1. The van der Waals surface area contributed by atoms with Crippen LogP contribution in [0.3, 0.4) is 0 Å². The number of aromatic nitrogens is 4. The average Bonchev–Trinajstić information content (AvgIpc) is 2.96. The molecule has 18 heavy (non-hydrogen) atoms. The van der Waals surface area contributed by atoms with Crippen LogP contribution in [0.15, 0.2) is 6.20 Å². The second-order valence-corrected chi connectivity index (χ2v) is 6.37. The molecule has 4 nitrogen and oxygen atoms in total. The van der Waals surface area contributed by atoms with Crippen molar-refractivity contribution in [2.45, 2.75) is 32.6 Å². The van der Waals surface area contributed by atoms with E-state index in [1.807, 2.05) is 22.5 Å². The van der Waals surface area contributed by atoms with Crippen LogP contribution in [0.5, 0.6) is 0 Å². The summed E-state index contributed by atoms with van der Waals surface area (Å²) in [4.78, 5) is 5.53. The van der Waals surface area contributed by atoms with E-state index in [9.17, 15) is 0 Å². The van der Waals surface area contributed by atoms with E-state index in [4.69, 9.17) is 12.2 Å². The largest absolute Gasteiger partial charge is 0.300 e. The molecule has 2 rings (SSSR count). The number of nitrogens with one attached hydrogen (secondary N) is 1. The Morgan fingerprint density at radius 1 is 1.50 bits per heavy atom. The number of rotatable bonds is 6. The number of hydrogen-bond acceptors (Lipinski definition) is 5. The molecule has 0 saturated heterocycles. The van der Waals surface area contributed by atoms with Gasteiger partial charge >= 0.3 is 0 Å². The van der Waals surface area contributed by atoms with Crippen LogP contribution in [0.4, 0.5) is 0 Å². The molecule has 0 spiro atoms. The molecule has 7 heteroatoms. The fraction of sp³-hybridized carbons (Fsp3) is 0.545. The third-order valence-corrected chi connectivity index (χ3v) is 5.08. The Morgan fingerprint density at radius 3 is 3.06 bits per heavy atom. The molecule has 1 N–H and O–H groups in total. The van der Waals surface area contributed by atoms with Gasteiger partial charge in [-0.3, -0.25) is 9.67 Å². The molecule has 0 aliphatic carbocycles. The Hall–Kier alpha value is -0.660. The monoisotopic (exact) mass is 300 g/mol. The smallest absolute Gasteiger partial charge is 0.195 e. The second-order valence-electron chi connectivity index (χ2n) is 3.77. The van der Waals surface area contributed by atoms with E-state index in [1.165, 1.54) is 12.2 Å². The first-order valence-electron chi connectivity index (χ1n) is 5.94. The first kappa shape index (κ1) is 13.8. The van der Waals surface area contributed by atoms with E-state index < -0.39 is 0 Å². The molecule has 0 aliphatic rings. The zero-order valence-corrected chi connectivity index (χ0v) is 12.9. The molecule has 0 unspecified atom stereocenters. The summed E-state index contributed by atoms with van der Waals surface area (Å²) < 4.78 is 2.66. The number of hydrogen-bond donors (Lipinski definition) is 1. The molecule has 0 aliphatic heterocycles. The highest BCUT2D eigenvalue weighted by Crippen LogP contribution is 2.27. The van der Waals surface area contributed by atoms with Crippen molar-refractivity contribution >= 4 is 35.3 Å². The van der Waals surface area contributed by atoms with Gasteiger partial charge in [-0.2, -0.15) is 16.9 Å². The summed E-state index contributed by atoms with van der Waals surface area (Å²) in [7, 11) is 0. The normalized spacial score (nSPS) is 11.0. The van der Waals surface area contributed by atoms with Gasteiger partial charge in [0.25, 0.3) is 0 Å². The number of thiazole rings is 1. The highest BCUT2D eigenvalue weighted by molar-refractivity contribution is 7.98. The van der Waals surface area contributed by atoms with E-state index in [0.29, 0.717) is 4.77 Å². The molecule has 0 amide bonds. The van der Waals surface area contributed by atoms with Crippen molar-refractivity contribution in [3.63, 3.8) is 0 Å². The van der Waals surface area contributed by atoms with Gasteiger partial charge in [-0.15, -0.1) is 11.3 Å². The van der Waals surface area contributed by atoms with Crippen LogP contribution in [0, 0.1) is 4.77 Å². The van der Waals surface area contributed by atoms with Crippen LogP contribution in [0.2, 0.25) is 0 Å². The van der Waals surface area contributed by atoms with E-state index in [0.717, 1.165) is 28.0 Å². The van der Waals surface area contributed by atoms with Crippen LogP contribution >= 0.6 is 35.3 Å². The number of H-pyrrole nitrogens is 1. The molecule has 0 fully saturated rings. The molecule has 2 aromatic rings. The van der Waals surface area contributed by atoms with Crippen LogP contribution in [0.25, 0.3) is 10.7 Å². The topological polar surface area (TPSA) is 46.5 Å². The van der Waals surface area contributed by atoms with Crippen molar-refractivity contribution in [2.75, 3.05) is 5.75 Å². The van der Waals surface area contributed by atoms with Crippen LogP contribution in [0.1, 0.15) is 25.3 Å². The minimum atomic E-state index is 0.669. The Morgan fingerprint density at radius 2 is 2.33 bits per heavy atom. The van der Waals surface area contributed by atoms with Crippen LogP contribution < -0.4 is 0 Å². The van der Waals surface area contributed by atoms with Crippen molar-refractivity contribution in [1.29, 1.82) is 0 Å². The molecule has 0 aromatic carbocycles. The Bertz CT molecular complexity index is 555. The maximum Gasteiger partial charge on any atom is 0.195 e. The van der Waals surface area contributed by atoms with Gasteiger partial charge < -0.3 is 0 Å². The summed E-state index contributed by atoms with van der Waals surface area (Å²) in [5.41, 5.74) is 0. The van der Waals surface area contributed by atoms with Gasteiger partial charge in [0, 0.05) is 18.5 Å². The maximum atomic E-state index is 5.19. The predicted molar refractivity (Wildman–Crippen MR) is 80.6 cm³/mol.